The lowest BCUT2D eigenvalue weighted by molar-refractivity contribution is -0.644. The third-order valence-electron chi connectivity index (χ3n) is 5.46. The normalized spacial score (nSPS) is 15.0. The van der Waals surface area contributed by atoms with Gasteiger partial charge in [0.05, 0.1) is 16.1 Å². The highest BCUT2D eigenvalue weighted by Gasteiger charge is 2.23. The van der Waals surface area contributed by atoms with Gasteiger partial charge >= 0.3 is 0 Å². The van der Waals surface area contributed by atoms with E-state index in [0.717, 1.165) is 6.54 Å². The first-order valence-electron chi connectivity index (χ1n) is 10.6. The van der Waals surface area contributed by atoms with E-state index < -0.39 is 0 Å². The number of hydrogen-bond acceptors (Lipinski definition) is 2. The molecule has 0 N–H and O–H groups in total. The van der Waals surface area contributed by atoms with Crippen molar-refractivity contribution >= 4 is 34.4 Å². The Balaban J connectivity index is 1.57. The summed E-state index contributed by atoms with van der Waals surface area (Å²) in [6.07, 6.45) is 14.0. The molecule has 0 spiro atoms. The summed E-state index contributed by atoms with van der Waals surface area (Å²) in [5, 5.41) is 2.61. The average molecular weight is 402 g/mol. The highest BCUT2D eigenvalue weighted by molar-refractivity contribution is 8.03. The van der Waals surface area contributed by atoms with Gasteiger partial charge in [0, 0.05) is 23.6 Å². The number of rotatable bonds is 7. The van der Waals surface area contributed by atoms with Crippen LogP contribution in [-0.4, -0.2) is 6.54 Å². The fourth-order valence-electron chi connectivity index (χ4n) is 3.87. The fourth-order valence-corrected chi connectivity index (χ4v) is 4.97. The van der Waals surface area contributed by atoms with Gasteiger partial charge in [-0.05, 0) is 36.3 Å². The first kappa shape index (κ1) is 19.8. The van der Waals surface area contributed by atoms with Crippen molar-refractivity contribution in [3.05, 3.63) is 83.5 Å². The van der Waals surface area contributed by atoms with Gasteiger partial charge in [-0.3, -0.25) is 0 Å². The zero-order valence-electron chi connectivity index (χ0n) is 17.3. The number of nitrogens with zero attached hydrogens (tertiary/aromatic N) is 2. The van der Waals surface area contributed by atoms with E-state index in [1.165, 1.54) is 57.8 Å². The van der Waals surface area contributed by atoms with E-state index in [0.29, 0.717) is 0 Å². The van der Waals surface area contributed by atoms with Crippen LogP contribution in [0.2, 0.25) is 0 Å². The van der Waals surface area contributed by atoms with Crippen molar-refractivity contribution in [1.82, 2.24) is 0 Å². The molecule has 29 heavy (non-hydrogen) atoms. The largest absolute Gasteiger partial charge is 0.335 e. The Morgan fingerprint density at radius 1 is 0.966 bits per heavy atom. The van der Waals surface area contributed by atoms with Crippen LogP contribution in [0.3, 0.4) is 0 Å². The predicted octanol–water partition coefficient (Wildman–Crippen LogP) is 6.71. The van der Waals surface area contributed by atoms with E-state index in [1.807, 2.05) is 11.8 Å². The van der Waals surface area contributed by atoms with Gasteiger partial charge in [0.25, 0.3) is 0 Å². The van der Waals surface area contributed by atoms with Crippen molar-refractivity contribution < 1.29 is 4.57 Å². The molecule has 0 unspecified atom stereocenters. The Hall–Kier alpha value is -2.52. The molecular formula is C26H29N2S+. The molecule has 0 radical (unpaired) electrons. The topological polar surface area (TPSA) is 7.12 Å². The van der Waals surface area contributed by atoms with Crippen LogP contribution in [0.1, 0.15) is 38.2 Å². The summed E-state index contributed by atoms with van der Waals surface area (Å²) in [5.74, 6) is 0. The number of aromatic nitrogens is 1. The number of benzene rings is 2. The Kier molecular flexibility index (Phi) is 6.36. The number of unbranched alkanes of at least 4 members (excludes halogenated alkanes) is 3. The quantitative estimate of drug-likeness (QED) is 0.321. The summed E-state index contributed by atoms with van der Waals surface area (Å²) in [4.78, 5) is 3.85. The number of thioether (sulfide) groups is 1. The minimum Gasteiger partial charge on any atom is -0.335 e. The molecule has 0 bridgehead atoms. The van der Waals surface area contributed by atoms with Gasteiger partial charge in [0.2, 0.25) is 5.52 Å². The number of fused-ring (bicyclic) bond motifs is 2. The second-order valence-electron chi connectivity index (χ2n) is 7.55. The molecule has 1 aliphatic rings. The average Bonchev–Trinajstić information content (AvgIpc) is 3.10. The van der Waals surface area contributed by atoms with Crippen molar-refractivity contribution in [2.24, 2.45) is 7.05 Å². The zero-order valence-corrected chi connectivity index (χ0v) is 18.2. The molecule has 1 aliphatic heterocycles. The first-order chi connectivity index (χ1) is 14.3. The third kappa shape index (κ3) is 4.40. The summed E-state index contributed by atoms with van der Waals surface area (Å²) >= 11 is 1.88. The van der Waals surface area contributed by atoms with E-state index in [4.69, 9.17) is 0 Å². The predicted molar refractivity (Wildman–Crippen MR) is 126 cm³/mol. The molecule has 4 rings (SSSR count). The van der Waals surface area contributed by atoms with E-state index in [-0.39, 0.29) is 0 Å². The molecule has 0 saturated carbocycles. The molecule has 1 aromatic heterocycles. The van der Waals surface area contributed by atoms with Crippen molar-refractivity contribution in [3.8, 4) is 0 Å². The lowest BCUT2D eigenvalue weighted by Crippen LogP contribution is -2.28. The van der Waals surface area contributed by atoms with Crippen LogP contribution in [0.15, 0.2) is 82.9 Å². The Bertz CT molecular complexity index is 1050. The molecule has 0 fully saturated rings. The van der Waals surface area contributed by atoms with Crippen LogP contribution >= 0.6 is 11.8 Å². The summed E-state index contributed by atoms with van der Waals surface area (Å²) in [6.45, 7) is 3.36. The number of hydrogen-bond donors (Lipinski definition) is 0. The molecule has 0 saturated heterocycles. The molecule has 148 valence electrons. The monoisotopic (exact) mass is 401 g/mol. The van der Waals surface area contributed by atoms with E-state index in [1.54, 1.807) is 0 Å². The SMILES string of the molecule is CCCCCCN1/C(=C/C=C/c2cc[n+](C)c3ccccc23)Sc2ccccc21. The second kappa shape index (κ2) is 9.32. The van der Waals surface area contributed by atoms with Gasteiger partial charge in [-0.1, -0.05) is 74.4 Å². The molecule has 0 amide bonds. The van der Waals surface area contributed by atoms with Crippen LogP contribution in [0.5, 0.6) is 0 Å². The fraction of sp³-hybridized carbons (Fsp3) is 0.269. The minimum absolute atomic E-state index is 1.09. The number of anilines is 1. The van der Waals surface area contributed by atoms with Gasteiger partial charge in [-0.2, -0.15) is 0 Å². The number of allylic oxidation sites excluding steroid dienone is 2. The van der Waals surface area contributed by atoms with Gasteiger partial charge < -0.3 is 4.90 Å². The number of aryl methyl sites for hydroxylation is 1. The first-order valence-corrected chi connectivity index (χ1v) is 11.4. The highest BCUT2D eigenvalue weighted by Crippen LogP contribution is 2.45. The maximum absolute atomic E-state index is 2.49. The molecular weight excluding hydrogens is 372 g/mol. The van der Waals surface area contributed by atoms with Crippen LogP contribution in [0.4, 0.5) is 5.69 Å². The van der Waals surface area contributed by atoms with E-state index in [2.05, 4.69) is 102 Å². The molecule has 0 aliphatic carbocycles. The second-order valence-corrected chi connectivity index (χ2v) is 8.61. The minimum atomic E-state index is 1.09. The summed E-state index contributed by atoms with van der Waals surface area (Å²) in [7, 11) is 2.10. The van der Waals surface area contributed by atoms with Crippen molar-refractivity contribution in [3.63, 3.8) is 0 Å². The summed E-state index contributed by atoms with van der Waals surface area (Å²) in [6, 6.07) is 19.5. The summed E-state index contributed by atoms with van der Waals surface area (Å²) in [5.41, 5.74) is 3.86. The van der Waals surface area contributed by atoms with Gasteiger partial charge in [-0.25, -0.2) is 4.57 Å². The number of pyridine rings is 1. The van der Waals surface area contributed by atoms with Gasteiger partial charge in [-0.15, -0.1) is 0 Å². The maximum atomic E-state index is 2.49. The molecule has 2 nitrogen and oxygen atoms in total. The summed E-state index contributed by atoms with van der Waals surface area (Å²) < 4.78 is 2.17. The standard InChI is InChI=1S/C26H29N2S/c1-3-4-5-10-19-28-24-15-8-9-16-25(24)29-26(28)17-11-12-21-18-20-27(2)23-14-7-6-13-22(21)23/h6-9,11-18,20H,3-5,10,19H2,1-2H3/q+1. The van der Waals surface area contributed by atoms with Gasteiger partial charge in [0.15, 0.2) is 6.20 Å². The molecule has 0 atom stereocenters. The van der Waals surface area contributed by atoms with Crippen molar-refractivity contribution in [2.75, 3.05) is 11.4 Å². The highest BCUT2D eigenvalue weighted by atomic mass is 32.2. The van der Waals surface area contributed by atoms with E-state index >= 15 is 0 Å². The Morgan fingerprint density at radius 2 is 1.79 bits per heavy atom. The zero-order chi connectivity index (χ0) is 20.1. The smallest absolute Gasteiger partial charge is 0.212 e. The van der Waals surface area contributed by atoms with Crippen LogP contribution in [0.25, 0.3) is 17.0 Å². The molecule has 2 aromatic carbocycles. The lowest BCUT2D eigenvalue weighted by atomic mass is 10.1. The van der Waals surface area contributed by atoms with Crippen LogP contribution in [-0.2, 0) is 7.05 Å². The van der Waals surface area contributed by atoms with E-state index in [9.17, 15) is 0 Å². The lowest BCUT2D eigenvalue weighted by Gasteiger charge is -2.20. The molecule has 2 heterocycles. The molecule has 3 heteroatoms. The Labute approximate surface area is 178 Å². The van der Waals surface area contributed by atoms with Crippen molar-refractivity contribution in [2.45, 2.75) is 37.5 Å². The molecule has 3 aromatic rings. The third-order valence-corrected chi connectivity index (χ3v) is 6.59. The van der Waals surface area contributed by atoms with Crippen LogP contribution < -0.4 is 9.47 Å². The number of para-hydroxylation sites is 2. The van der Waals surface area contributed by atoms with Gasteiger partial charge in [0.1, 0.15) is 7.05 Å². The van der Waals surface area contributed by atoms with Crippen LogP contribution in [0, 0.1) is 0 Å². The van der Waals surface area contributed by atoms with Crippen molar-refractivity contribution in [1.29, 1.82) is 0 Å². The Morgan fingerprint density at radius 3 is 2.69 bits per heavy atom. The maximum Gasteiger partial charge on any atom is 0.212 e.